The number of halogens is 3. The maximum absolute atomic E-state index is 12.4. The van der Waals surface area contributed by atoms with Gasteiger partial charge in [-0.15, -0.1) is 0 Å². The van der Waals surface area contributed by atoms with Crippen molar-refractivity contribution in [2.24, 2.45) is 5.41 Å². The molecule has 0 aliphatic carbocycles. The van der Waals surface area contributed by atoms with Gasteiger partial charge in [0.15, 0.2) is 18.1 Å². The normalized spacial score (nSPS) is 20.5. The molecule has 1 aromatic rings. The first-order chi connectivity index (χ1) is 12.4. The predicted octanol–water partition coefficient (Wildman–Crippen LogP) is 3.60. The van der Waals surface area contributed by atoms with Crippen LogP contribution in [-0.4, -0.2) is 50.5 Å². The van der Waals surface area contributed by atoms with Crippen molar-refractivity contribution in [1.29, 1.82) is 0 Å². The molecular weight excluding hydrogens is 345 g/mol. The third-order valence-electron chi connectivity index (χ3n) is 5.29. The van der Waals surface area contributed by atoms with E-state index in [2.05, 4.69) is 10.2 Å². The maximum Gasteiger partial charge on any atom is 0.422 e. The van der Waals surface area contributed by atoms with Crippen LogP contribution in [0.25, 0.3) is 0 Å². The summed E-state index contributed by atoms with van der Waals surface area (Å²) < 4.78 is 47.6. The Morgan fingerprint density at radius 2 is 1.88 bits per heavy atom. The van der Waals surface area contributed by atoms with Gasteiger partial charge >= 0.3 is 6.18 Å². The molecule has 2 saturated heterocycles. The second kappa shape index (κ2) is 8.05. The van der Waals surface area contributed by atoms with Crippen molar-refractivity contribution in [3.05, 3.63) is 23.8 Å². The molecule has 0 unspecified atom stereocenters. The molecule has 26 heavy (non-hydrogen) atoms. The third-order valence-corrected chi connectivity index (χ3v) is 5.29. The molecule has 2 heterocycles. The van der Waals surface area contributed by atoms with Gasteiger partial charge in [0.05, 0.1) is 6.61 Å². The molecule has 3 rings (SSSR count). The van der Waals surface area contributed by atoms with Gasteiger partial charge in [0.25, 0.3) is 0 Å². The van der Waals surface area contributed by atoms with Crippen LogP contribution in [0.2, 0.25) is 0 Å². The number of alkyl halides is 3. The Morgan fingerprint density at radius 3 is 2.58 bits per heavy atom. The molecule has 146 valence electrons. The fourth-order valence-electron chi connectivity index (χ4n) is 3.98. The van der Waals surface area contributed by atoms with Crippen LogP contribution in [0.4, 0.5) is 13.2 Å². The summed E-state index contributed by atoms with van der Waals surface area (Å²) in [7, 11) is 0. The van der Waals surface area contributed by atoms with Gasteiger partial charge in [0.2, 0.25) is 0 Å². The van der Waals surface area contributed by atoms with Crippen LogP contribution < -0.4 is 14.8 Å². The smallest absolute Gasteiger partial charge is 0.422 e. The second-order valence-electron chi connectivity index (χ2n) is 7.33. The quantitative estimate of drug-likeness (QED) is 0.827. The molecule has 7 heteroatoms. The van der Waals surface area contributed by atoms with Gasteiger partial charge in [-0.05, 0) is 68.9 Å². The number of rotatable bonds is 6. The van der Waals surface area contributed by atoms with Crippen molar-refractivity contribution in [2.75, 3.05) is 39.4 Å². The molecule has 0 aromatic heterocycles. The van der Waals surface area contributed by atoms with E-state index in [1.165, 1.54) is 19.3 Å². The minimum atomic E-state index is -4.36. The first kappa shape index (κ1) is 19.3. The summed E-state index contributed by atoms with van der Waals surface area (Å²) in [5, 5.41) is 3.42. The van der Waals surface area contributed by atoms with Gasteiger partial charge < -0.3 is 14.8 Å². The van der Waals surface area contributed by atoms with Gasteiger partial charge in [-0.3, -0.25) is 4.90 Å². The minimum absolute atomic E-state index is 0.143. The van der Waals surface area contributed by atoms with Crippen LogP contribution in [0.5, 0.6) is 11.5 Å². The molecule has 0 amide bonds. The summed E-state index contributed by atoms with van der Waals surface area (Å²) >= 11 is 0. The van der Waals surface area contributed by atoms with Crippen LogP contribution in [0.1, 0.15) is 31.7 Å². The highest BCUT2D eigenvalue weighted by molar-refractivity contribution is 5.43. The minimum Gasteiger partial charge on any atom is -0.490 e. The zero-order valence-corrected chi connectivity index (χ0v) is 15.2. The summed E-state index contributed by atoms with van der Waals surface area (Å²) in [5.41, 5.74) is 1.47. The Hall–Kier alpha value is -1.47. The molecule has 0 saturated carbocycles. The van der Waals surface area contributed by atoms with Gasteiger partial charge in [-0.2, -0.15) is 13.2 Å². The van der Waals surface area contributed by atoms with Crippen LogP contribution in [0.15, 0.2) is 18.2 Å². The van der Waals surface area contributed by atoms with Crippen LogP contribution >= 0.6 is 0 Å². The van der Waals surface area contributed by atoms with E-state index in [1.807, 2.05) is 19.1 Å². The lowest BCUT2D eigenvalue weighted by Crippen LogP contribution is -2.38. The topological polar surface area (TPSA) is 33.7 Å². The highest BCUT2D eigenvalue weighted by Crippen LogP contribution is 2.39. The van der Waals surface area contributed by atoms with E-state index >= 15 is 0 Å². The average Bonchev–Trinajstić information content (AvgIpc) is 2.96. The lowest BCUT2D eigenvalue weighted by atomic mass is 9.78. The van der Waals surface area contributed by atoms with E-state index in [1.54, 1.807) is 6.07 Å². The molecule has 0 atom stereocenters. The van der Waals surface area contributed by atoms with E-state index in [0.29, 0.717) is 17.8 Å². The molecule has 2 aliphatic heterocycles. The third kappa shape index (κ3) is 5.04. The fourth-order valence-corrected chi connectivity index (χ4v) is 3.98. The molecule has 2 fully saturated rings. The Kier molecular flexibility index (Phi) is 5.97. The van der Waals surface area contributed by atoms with Gasteiger partial charge in [-0.1, -0.05) is 6.07 Å². The number of benzene rings is 1. The number of hydrogen-bond donors (Lipinski definition) is 1. The van der Waals surface area contributed by atoms with E-state index in [9.17, 15) is 13.2 Å². The van der Waals surface area contributed by atoms with Crippen LogP contribution in [-0.2, 0) is 6.54 Å². The van der Waals surface area contributed by atoms with Crippen LogP contribution in [0.3, 0.4) is 0 Å². The zero-order valence-electron chi connectivity index (χ0n) is 15.2. The first-order valence-electron chi connectivity index (χ1n) is 9.27. The number of hydrogen-bond acceptors (Lipinski definition) is 4. The molecule has 1 aromatic carbocycles. The van der Waals surface area contributed by atoms with Crippen molar-refractivity contribution in [1.82, 2.24) is 10.2 Å². The molecule has 1 spiro atoms. The van der Waals surface area contributed by atoms with E-state index in [-0.39, 0.29) is 5.75 Å². The lowest BCUT2D eigenvalue weighted by molar-refractivity contribution is -0.153. The SMILES string of the molecule is CCOc1cc(CN2CCC3(CCNCC3)C2)ccc1OCC(F)(F)F. The number of ether oxygens (including phenoxy) is 2. The summed E-state index contributed by atoms with van der Waals surface area (Å²) in [6.45, 7) is 6.00. The van der Waals surface area contributed by atoms with Gasteiger partial charge in [-0.25, -0.2) is 0 Å². The number of piperidine rings is 1. The van der Waals surface area contributed by atoms with Gasteiger partial charge in [0.1, 0.15) is 0 Å². The van der Waals surface area contributed by atoms with Crippen molar-refractivity contribution in [3.63, 3.8) is 0 Å². The zero-order chi connectivity index (χ0) is 18.6. The Morgan fingerprint density at radius 1 is 1.12 bits per heavy atom. The van der Waals surface area contributed by atoms with Crippen molar-refractivity contribution in [3.8, 4) is 11.5 Å². The molecule has 2 aliphatic rings. The highest BCUT2D eigenvalue weighted by atomic mass is 19.4. The Bertz CT molecular complexity index is 601. The van der Waals surface area contributed by atoms with Crippen LogP contribution in [0, 0.1) is 5.41 Å². The molecule has 0 radical (unpaired) electrons. The molecular formula is C19H27F3N2O2. The summed E-state index contributed by atoms with van der Waals surface area (Å²) in [6.07, 6.45) is -0.698. The van der Waals surface area contributed by atoms with Crippen molar-refractivity contribution in [2.45, 2.75) is 38.9 Å². The first-order valence-corrected chi connectivity index (χ1v) is 9.27. The van der Waals surface area contributed by atoms with E-state index < -0.39 is 12.8 Å². The predicted molar refractivity (Wildman–Crippen MR) is 93.6 cm³/mol. The summed E-state index contributed by atoms with van der Waals surface area (Å²) in [6, 6.07) is 5.23. The molecule has 0 bridgehead atoms. The number of nitrogens with one attached hydrogen (secondary N) is 1. The molecule has 1 N–H and O–H groups in total. The average molecular weight is 372 g/mol. The fraction of sp³-hybridized carbons (Fsp3) is 0.684. The summed E-state index contributed by atoms with van der Waals surface area (Å²) in [5.74, 6) is 0.522. The van der Waals surface area contributed by atoms with Crippen molar-refractivity contribution >= 4 is 0 Å². The Labute approximate surface area is 152 Å². The number of nitrogens with zero attached hydrogens (tertiary/aromatic N) is 1. The highest BCUT2D eigenvalue weighted by Gasteiger charge is 2.38. The van der Waals surface area contributed by atoms with Gasteiger partial charge in [0, 0.05) is 13.1 Å². The monoisotopic (exact) mass is 372 g/mol. The second-order valence-corrected chi connectivity index (χ2v) is 7.33. The maximum atomic E-state index is 12.4. The lowest BCUT2D eigenvalue weighted by Gasteiger charge is -2.34. The largest absolute Gasteiger partial charge is 0.490 e. The Balaban J connectivity index is 1.64. The number of likely N-dealkylation sites (tertiary alicyclic amines) is 1. The van der Waals surface area contributed by atoms with E-state index in [0.717, 1.165) is 38.3 Å². The van der Waals surface area contributed by atoms with E-state index in [4.69, 9.17) is 9.47 Å². The van der Waals surface area contributed by atoms with Crippen molar-refractivity contribution < 1.29 is 22.6 Å². The standard InChI is InChI=1S/C19H27F3N2O2/c1-2-25-17-11-15(3-4-16(17)26-14-19(20,21)22)12-24-10-7-18(13-24)5-8-23-9-6-18/h3-4,11,23H,2,5-10,12-14H2,1H3. The molecule has 4 nitrogen and oxygen atoms in total. The summed E-state index contributed by atoms with van der Waals surface area (Å²) in [4.78, 5) is 2.44.